The van der Waals surface area contributed by atoms with Crippen molar-refractivity contribution in [2.75, 3.05) is 61.8 Å². The first kappa shape index (κ1) is 31.7. The Morgan fingerprint density at radius 3 is 2.60 bits per heavy atom. The lowest BCUT2D eigenvalue weighted by atomic mass is 10.1. The molecule has 250 valence electrons. The van der Waals surface area contributed by atoms with E-state index in [0.717, 1.165) is 18.7 Å². The Morgan fingerprint density at radius 1 is 1.04 bits per heavy atom. The Kier molecular flexibility index (Phi) is 8.54. The topological polar surface area (TPSA) is 145 Å². The van der Waals surface area contributed by atoms with Gasteiger partial charge in [0, 0.05) is 37.1 Å². The number of nitrogen functional groups attached to an aromatic ring is 1. The number of carbonyl (C=O) groups excluding carboxylic acids is 1. The number of ketones is 1. The molecule has 2 aromatic heterocycles. The van der Waals surface area contributed by atoms with Gasteiger partial charge in [-0.25, -0.2) is 17.5 Å². The van der Waals surface area contributed by atoms with Crippen molar-refractivity contribution in [2.45, 2.75) is 13.3 Å². The van der Waals surface area contributed by atoms with Gasteiger partial charge in [0.15, 0.2) is 11.6 Å². The van der Waals surface area contributed by atoms with E-state index in [0.29, 0.717) is 73.1 Å². The second-order valence-electron chi connectivity index (χ2n) is 11.8. The zero-order valence-electron chi connectivity index (χ0n) is 26.3. The minimum Gasteiger partial charge on any atom is -0.490 e. The molecule has 0 bridgehead atoms. The maximum atomic E-state index is 14.1. The number of hydrogen-bond acceptors (Lipinski definition) is 9. The Morgan fingerprint density at radius 2 is 1.85 bits per heavy atom. The number of sulfonamides is 1. The Labute approximate surface area is 276 Å². The third-order valence-electron chi connectivity index (χ3n) is 8.59. The molecule has 0 spiro atoms. The molecule has 12 nitrogen and oxygen atoms in total. The van der Waals surface area contributed by atoms with Crippen molar-refractivity contribution in [1.82, 2.24) is 19.7 Å². The van der Waals surface area contributed by atoms with Gasteiger partial charge in [-0.3, -0.25) is 14.0 Å². The number of aromatic nitrogens is 3. The number of para-hydroxylation sites is 1. The molecule has 7 rings (SSSR count). The molecule has 14 heteroatoms. The summed E-state index contributed by atoms with van der Waals surface area (Å²) >= 11 is 0. The molecule has 0 radical (unpaired) electrons. The first-order valence-corrected chi connectivity index (χ1v) is 17.3. The van der Waals surface area contributed by atoms with Gasteiger partial charge in [-0.05, 0) is 67.4 Å². The molecule has 0 amide bonds. The molecule has 5 aromatic rings. The summed E-state index contributed by atoms with van der Waals surface area (Å²) in [6.45, 7) is 6.20. The van der Waals surface area contributed by atoms with Crippen molar-refractivity contribution in [2.24, 2.45) is 0 Å². The molecule has 2 aliphatic rings. The maximum absolute atomic E-state index is 14.1. The van der Waals surface area contributed by atoms with Crippen LogP contribution in [-0.4, -0.2) is 85.6 Å². The SMILES string of the molecule is Cc1cc(Oc2ccccc2F)ccc1-n1ncc(C(=O)c2cc3cc(OCCN4CCOCC4)c(N4CCCS4(=O)=O)cc3[nH]2)c1N. The Hall–Kier alpha value is -4.92. The first-order valence-electron chi connectivity index (χ1n) is 15.7. The number of ether oxygens (including phenoxy) is 3. The lowest BCUT2D eigenvalue weighted by Crippen LogP contribution is -2.38. The number of nitrogens with one attached hydrogen (secondary N) is 1. The second-order valence-corrected chi connectivity index (χ2v) is 13.8. The highest BCUT2D eigenvalue weighted by Gasteiger charge is 2.31. The van der Waals surface area contributed by atoms with E-state index in [1.807, 2.05) is 6.92 Å². The predicted octanol–water partition coefficient (Wildman–Crippen LogP) is 4.66. The van der Waals surface area contributed by atoms with Crippen LogP contribution >= 0.6 is 0 Å². The number of aryl methyl sites for hydroxylation is 1. The summed E-state index contributed by atoms with van der Waals surface area (Å²) in [4.78, 5) is 19.2. The molecule has 0 aliphatic carbocycles. The molecule has 2 saturated heterocycles. The highest BCUT2D eigenvalue weighted by atomic mass is 32.2. The van der Waals surface area contributed by atoms with Gasteiger partial charge in [0.25, 0.3) is 0 Å². The molecule has 48 heavy (non-hydrogen) atoms. The molecule has 2 aliphatic heterocycles. The van der Waals surface area contributed by atoms with Crippen molar-refractivity contribution in [3.63, 3.8) is 0 Å². The number of rotatable bonds is 10. The number of halogens is 1. The maximum Gasteiger partial charge on any atom is 0.235 e. The lowest BCUT2D eigenvalue weighted by Gasteiger charge is -2.27. The van der Waals surface area contributed by atoms with Crippen LogP contribution in [0.3, 0.4) is 0 Å². The van der Waals surface area contributed by atoms with E-state index in [4.69, 9.17) is 19.9 Å². The molecule has 3 N–H and O–H groups in total. The fourth-order valence-electron chi connectivity index (χ4n) is 6.05. The fourth-order valence-corrected chi connectivity index (χ4v) is 7.62. The zero-order valence-corrected chi connectivity index (χ0v) is 27.1. The average Bonchev–Trinajstić information content (AvgIpc) is 3.77. The van der Waals surface area contributed by atoms with Crippen molar-refractivity contribution in [3.05, 3.63) is 89.5 Å². The van der Waals surface area contributed by atoms with E-state index in [9.17, 15) is 17.6 Å². The lowest BCUT2D eigenvalue weighted by molar-refractivity contribution is 0.0323. The van der Waals surface area contributed by atoms with Gasteiger partial charge in [-0.2, -0.15) is 5.10 Å². The summed E-state index contributed by atoms with van der Waals surface area (Å²) in [5.41, 5.74) is 9.33. The quantitative estimate of drug-likeness (QED) is 0.202. The number of carbonyl (C=O) groups is 1. The number of H-pyrrole nitrogens is 1. The standard InChI is InChI=1S/C34H35FN6O6S/c1-22-17-24(47-31-6-3-2-5-26(31)35)7-8-29(22)41-34(36)25(21-37-41)33(42)28-18-23-19-32(46-15-12-39-10-13-45-14-11-39)30(20-27(23)38-28)40-9-4-16-48(40,43)44/h2-3,5-8,17-21,38H,4,9-16,36H2,1H3. The predicted molar refractivity (Wildman–Crippen MR) is 179 cm³/mol. The minimum atomic E-state index is -3.49. The third-order valence-corrected chi connectivity index (χ3v) is 10.4. The van der Waals surface area contributed by atoms with E-state index in [1.165, 1.54) is 21.3 Å². The highest BCUT2D eigenvalue weighted by molar-refractivity contribution is 7.93. The Balaban J connectivity index is 1.15. The van der Waals surface area contributed by atoms with Gasteiger partial charge < -0.3 is 24.9 Å². The fraction of sp³-hybridized carbons (Fsp3) is 0.294. The number of hydrogen-bond donors (Lipinski definition) is 2. The number of nitrogens with two attached hydrogens (primary N) is 1. The van der Waals surface area contributed by atoms with Crippen molar-refractivity contribution in [1.29, 1.82) is 0 Å². The van der Waals surface area contributed by atoms with E-state index < -0.39 is 15.8 Å². The molecule has 0 atom stereocenters. The van der Waals surface area contributed by atoms with E-state index in [-0.39, 0.29) is 34.4 Å². The van der Waals surface area contributed by atoms with Gasteiger partial charge in [-0.15, -0.1) is 0 Å². The number of nitrogens with zero attached hydrogens (tertiary/aromatic N) is 4. The van der Waals surface area contributed by atoms with Crippen LogP contribution in [0.5, 0.6) is 17.2 Å². The molecular formula is C34H35FN6O6S. The summed E-state index contributed by atoms with van der Waals surface area (Å²) in [6, 6.07) is 16.5. The monoisotopic (exact) mass is 674 g/mol. The van der Waals surface area contributed by atoms with E-state index in [2.05, 4.69) is 15.0 Å². The van der Waals surface area contributed by atoms with Gasteiger partial charge >= 0.3 is 0 Å². The zero-order chi connectivity index (χ0) is 33.4. The molecular weight excluding hydrogens is 639 g/mol. The van der Waals surface area contributed by atoms with Gasteiger partial charge in [0.2, 0.25) is 15.8 Å². The second kappa shape index (κ2) is 12.9. The van der Waals surface area contributed by atoms with Gasteiger partial charge in [-0.1, -0.05) is 12.1 Å². The first-order chi connectivity index (χ1) is 23.2. The van der Waals surface area contributed by atoms with E-state index in [1.54, 1.807) is 54.6 Å². The van der Waals surface area contributed by atoms with Crippen LogP contribution in [-0.2, 0) is 14.8 Å². The smallest absolute Gasteiger partial charge is 0.235 e. The molecule has 3 aromatic carbocycles. The van der Waals surface area contributed by atoms with Crippen LogP contribution in [0.1, 0.15) is 28.0 Å². The van der Waals surface area contributed by atoms with Crippen molar-refractivity contribution >= 4 is 38.2 Å². The summed E-state index contributed by atoms with van der Waals surface area (Å²) < 4.78 is 60.1. The minimum absolute atomic E-state index is 0.0663. The normalized spacial score (nSPS) is 16.4. The average molecular weight is 675 g/mol. The number of benzene rings is 3. The number of fused-ring (bicyclic) bond motifs is 1. The summed E-state index contributed by atoms with van der Waals surface area (Å²) in [7, 11) is -3.49. The van der Waals surface area contributed by atoms with Crippen LogP contribution in [0.2, 0.25) is 0 Å². The molecule has 2 fully saturated rings. The summed E-state index contributed by atoms with van der Waals surface area (Å²) in [6.07, 6.45) is 1.93. The highest BCUT2D eigenvalue weighted by Crippen LogP contribution is 2.38. The number of morpholine rings is 1. The summed E-state index contributed by atoms with van der Waals surface area (Å²) in [5, 5.41) is 5.08. The van der Waals surface area contributed by atoms with E-state index >= 15 is 0 Å². The van der Waals surface area contributed by atoms with Gasteiger partial charge in [0.1, 0.15) is 23.9 Å². The van der Waals surface area contributed by atoms with Crippen molar-refractivity contribution in [3.8, 4) is 22.9 Å². The molecule has 0 saturated carbocycles. The van der Waals surface area contributed by atoms with Crippen LogP contribution in [0.25, 0.3) is 16.6 Å². The third kappa shape index (κ3) is 6.21. The van der Waals surface area contributed by atoms with Gasteiger partial charge in [0.05, 0.1) is 47.8 Å². The molecule has 0 unspecified atom stereocenters. The Bertz CT molecular complexity index is 2110. The van der Waals surface area contributed by atoms with Crippen LogP contribution in [0, 0.1) is 12.7 Å². The molecule has 4 heterocycles. The van der Waals surface area contributed by atoms with Crippen LogP contribution in [0.15, 0.2) is 66.9 Å². The largest absolute Gasteiger partial charge is 0.490 e. The van der Waals surface area contributed by atoms with Crippen molar-refractivity contribution < 1.29 is 31.8 Å². The van der Waals surface area contributed by atoms with Crippen LogP contribution in [0.4, 0.5) is 15.9 Å². The van der Waals surface area contributed by atoms with Crippen LogP contribution < -0.4 is 19.5 Å². The number of anilines is 2. The summed E-state index contributed by atoms with van der Waals surface area (Å²) in [5.74, 6) is 0.335. The number of aromatic amines is 1.